The smallest absolute Gasteiger partial charge is 0.237 e. The molecule has 2 aromatic rings. The predicted octanol–water partition coefficient (Wildman–Crippen LogP) is 4.38. The minimum atomic E-state index is -0.167. The second kappa shape index (κ2) is 7.90. The number of aryl methyl sites for hydroxylation is 1. The van der Waals surface area contributed by atoms with E-state index in [9.17, 15) is 4.79 Å². The van der Waals surface area contributed by atoms with Gasteiger partial charge in [0.2, 0.25) is 5.91 Å². The van der Waals surface area contributed by atoms with E-state index in [0.29, 0.717) is 0 Å². The van der Waals surface area contributed by atoms with E-state index in [4.69, 9.17) is 4.74 Å². The highest BCUT2D eigenvalue weighted by atomic mass is 32.2. The first-order valence-corrected chi connectivity index (χ1v) is 8.21. The van der Waals surface area contributed by atoms with Crippen LogP contribution in [0.3, 0.4) is 0 Å². The van der Waals surface area contributed by atoms with Gasteiger partial charge in [0, 0.05) is 10.6 Å². The molecule has 22 heavy (non-hydrogen) atoms. The molecule has 4 heteroatoms. The summed E-state index contributed by atoms with van der Waals surface area (Å²) in [6.07, 6.45) is 0.998. The number of methoxy groups -OCH3 is 1. The summed E-state index contributed by atoms with van der Waals surface area (Å²) in [6.45, 7) is 4.02. The number of rotatable bonds is 6. The third kappa shape index (κ3) is 4.53. The summed E-state index contributed by atoms with van der Waals surface area (Å²) in [5.41, 5.74) is 2.10. The van der Waals surface area contributed by atoms with Crippen LogP contribution in [-0.4, -0.2) is 18.3 Å². The Kier molecular flexibility index (Phi) is 5.90. The monoisotopic (exact) mass is 315 g/mol. The molecule has 0 fully saturated rings. The predicted molar refractivity (Wildman–Crippen MR) is 92.8 cm³/mol. The molecule has 1 N–H and O–H groups in total. The molecule has 0 aliphatic rings. The van der Waals surface area contributed by atoms with Gasteiger partial charge in [-0.25, -0.2) is 0 Å². The average Bonchev–Trinajstić information content (AvgIpc) is 2.56. The molecule has 0 aliphatic heterocycles. The molecular weight excluding hydrogens is 294 g/mol. The maximum Gasteiger partial charge on any atom is 0.237 e. The Balaban J connectivity index is 1.92. The van der Waals surface area contributed by atoms with Crippen molar-refractivity contribution in [3.05, 3.63) is 54.1 Å². The van der Waals surface area contributed by atoms with Crippen molar-refractivity contribution >= 4 is 23.4 Å². The number of benzene rings is 2. The van der Waals surface area contributed by atoms with E-state index in [-0.39, 0.29) is 11.2 Å². The summed E-state index contributed by atoms with van der Waals surface area (Å²) < 4.78 is 5.13. The van der Waals surface area contributed by atoms with Crippen molar-refractivity contribution in [3.8, 4) is 5.75 Å². The van der Waals surface area contributed by atoms with Gasteiger partial charge in [0.1, 0.15) is 5.75 Å². The standard InChI is InChI=1S/C18H21NO2S/c1-4-14-5-7-15(8-6-14)19-18(20)13(2)22-17-11-9-16(21-3)10-12-17/h5-13H,4H2,1-3H3,(H,19,20)/t13-/m1/s1. The van der Waals surface area contributed by atoms with Crippen molar-refractivity contribution in [1.82, 2.24) is 0 Å². The number of thioether (sulfide) groups is 1. The molecule has 0 radical (unpaired) electrons. The van der Waals surface area contributed by atoms with E-state index in [2.05, 4.69) is 12.2 Å². The fourth-order valence-electron chi connectivity index (χ4n) is 1.98. The molecule has 0 heterocycles. The molecule has 0 aliphatic carbocycles. The van der Waals surface area contributed by atoms with Crippen molar-refractivity contribution in [2.24, 2.45) is 0 Å². The summed E-state index contributed by atoms with van der Waals surface area (Å²) in [5, 5.41) is 2.78. The van der Waals surface area contributed by atoms with Gasteiger partial charge in [-0.2, -0.15) is 0 Å². The van der Waals surface area contributed by atoms with Gasteiger partial charge in [-0.15, -0.1) is 11.8 Å². The summed E-state index contributed by atoms with van der Waals surface area (Å²) in [5.74, 6) is 0.822. The van der Waals surface area contributed by atoms with Crippen LogP contribution >= 0.6 is 11.8 Å². The molecule has 2 rings (SSSR count). The van der Waals surface area contributed by atoms with Crippen LogP contribution in [0.2, 0.25) is 0 Å². The van der Waals surface area contributed by atoms with Gasteiger partial charge in [-0.1, -0.05) is 19.1 Å². The number of anilines is 1. The lowest BCUT2D eigenvalue weighted by Crippen LogP contribution is -2.22. The van der Waals surface area contributed by atoms with Crippen molar-refractivity contribution in [2.75, 3.05) is 12.4 Å². The Hall–Kier alpha value is -1.94. The van der Waals surface area contributed by atoms with Crippen molar-refractivity contribution in [1.29, 1.82) is 0 Å². The molecule has 0 saturated carbocycles. The summed E-state index contributed by atoms with van der Waals surface area (Å²) in [7, 11) is 1.64. The minimum Gasteiger partial charge on any atom is -0.497 e. The first-order valence-electron chi connectivity index (χ1n) is 7.33. The molecule has 1 amide bonds. The fraction of sp³-hybridized carbons (Fsp3) is 0.278. The van der Waals surface area contributed by atoms with E-state index in [1.807, 2.05) is 55.5 Å². The second-order valence-corrected chi connectivity index (χ2v) is 6.39. The molecular formula is C18H21NO2S. The normalized spacial score (nSPS) is 11.8. The molecule has 2 aromatic carbocycles. The number of amides is 1. The van der Waals surface area contributed by atoms with E-state index in [0.717, 1.165) is 22.8 Å². The Labute approximate surface area is 136 Å². The van der Waals surface area contributed by atoms with Gasteiger partial charge in [-0.05, 0) is 55.3 Å². The molecule has 0 unspecified atom stereocenters. The van der Waals surface area contributed by atoms with Crippen LogP contribution in [0.15, 0.2) is 53.4 Å². The summed E-state index contributed by atoms with van der Waals surface area (Å²) in [4.78, 5) is 13.3. The second-order valence-electron chi connectivity index (χ2n) is 4.98. The third-order valence-corrected chi connectivity index (χ3v) is 4.48. The number of nitrogens with one attached hydrogen (secondary N) is 1. The third-order valence-electron chi connectivity index (χ3n) is 3.37. The van der Waals surface area contributed by atoms with E-state index in [1.54, 1.807) is 7.11 Å². The van der Waals surface area contributed by atoms with Gasteiger partial charge in [0.05, 0.1) is 12.4 Å². The van der Waals surface area contributed by atoms with Crippen molar-refractivity contribution < 1.29 is 9.53 Å². The van der Waals surface area contributed by atoms with Crippen LogP contribution < -0.4 is 10.1 Å². The SMILES string of the molecule is CCc1ccc(NC(=O)[C@@H](C)Sc2ccc(OC)cc2)cc1. The highest BCUT2D eigenvalue weighted by molar-refractivity contribution is 8.00. The van der Waals surface area contributed by atoms with Gasteiger partial charge in [0.25, 0.3) is 0 Å². The van der Waals surface area contributed by atoms with Crippen molar-refractivity contribution in [3.63, 3.8) is 0 Å². The molecule has 0 saturated heterocycles. The quantitative estimate of drug-likeness (QED) is 0.804. The molecule has 0 bridgehead atoms. The summed E-state index contributed by atoms with van der Waals surface area (Å²) >= 11 is 1.53. The van der Waals surface area contributed by atoms with Gasteiger partial charge < -0.3 is 10.1 Å². The summed E-state index contributed by atoms with van der Waals surface area (Å²) in [6, 6.07) is 15.7. The Bertz CT molecular complexity index is 608. The average molecular weight is 315 g/mol. The van der Waals surface area contributed by atoms with Crippen molar-refractivity contribution in [2.45, 2.75) is 30.4 Å². The van der Waals surface area contributed by atoms with Crippen LogP contribution in [-0.2, 0) is 11.2 Å². The minimum absolute atomic E-state index is 0.00469. The van der Waals surface area contributed by atoms with Gasteiger partial charge in [0.15, 0.2) is 0 Å². The first kappa shape index (κ1) is 16.4. The lowest BCUT2D eigenvalue weighted by molar-refractivity contribution is -0.115. The molecule has 1 atom stereocenters. The number of hydrogen-bond donors (Lipinski definition) is 1. The van der Waals surface area contributed by atoms with Crippen LogP contribution in [0.4, 0.5) is 5.69 Å². The highest BCUT2D eigenvalue weighted by Crippen LogP contribution is 2.26. The zero-order valence-electron chi connectivity index (χ0n) is 13.1. The number of carbonyl (C=O) groups is 1. The Morgan fingerprint density at radius 1 is 1.14 bits per heavy atom. The maximum atomic E-state index is 12.2. The number of ether oxygens (including phenoxy) is 1. The Morgan fingerprint density at radius 2 is 1.77 bits per heavy atom. The molecule has 0 spiro atoms. The lowest BCUT2D eigenvalue weighted by Gasteiger charge is -2.12. The maximum absolute atomic E-state index is 12.2. The highest BCUT2D eigenvalue weighted by Gasteiger charge is 2.14. The zero-order valence-corrected chi connectivity index (χ0v) is 13.9. The topological polar surface area (TPSA) is 38.3 Å². The molecule has 0 aromatic heterocycles. The number of carbonyl (C=O) groups excluding carboxylic acids is 1. The molecule has 116 valence electrons. The first-order chi connectivity index (χ1) is 10.6. The fourth-order valence-corrected chi connectivity index (χ4v) is 2.85. The van der Waals surface area contributed by atoms with Crippen LogP contribution in [0, 0.1) is 0 Å². The van der Waals surface area contributed by atoms with E-state index < -0.39 is 0 Å². The van der Waals surface area contributed by atoms with E-state index >= 15 is 0 Å². The largest absolute Gasteiger partial charge is 0.497 e. The van der Waals surface area contributed by atoms with Gasteiger partial charge >= 0.3 is 0 Å². The molecule has 3 nitrogen and oxygen atoms in total. The van der Waals surface area contributed by atoms with Crippen LogP contribution in [0.5, 0.6) is 5.75 Å². The van der Waals surface area contributed by atoms with E-state index in [1.165, 1.54) is 17.3 Å². The van der Waals surface area contributed by atoms with Crippen LogP contribution in [0.25, 0.3) is 0 Å². The van der Waals surface area contributed by atoms with Gasteiger partial charge in [-0.3, -0.25) is 4.79 Å². The lowest BCUT2D eigenvalue weighted by atomic mass is 10.1. The Morgan fingerprint density at radius 3 is 2.32 bits per heavy atom. The number of hydrogen-bond acceptors (Lipinski definition) is 3. The zero-order chi connectivity index (χ0) is 15.9. The van der Waals surface area contributed by atoms with Crippen LogP contribution in [0.1, 0.15) is 19.4 Å².